The van der Waals surface area contributed by atoms with Crippen molar-refractivity contribution in [3.8, 4) is 11.3 Å². The molecule has 1 nitrogen and oxygen atoms in total. The Hall–Kier alpha value is -1.63. The van der Waals surface area contributed by atoms with Gasteiger partial charge in [0.2, 0.25) is 0 Å². The lowest BCUT2D eigenvalue weighted by Crippen LogP contribution is -2.16. The van der Waals surface area contributed by atoms with Gasteiger partial charge in [-0.15, -0.1) is 0 Å². The van der Waals surface area contributed by atoms with E-state index in [2.05, 4.69) is 56.4 Å². The zero-order chi connectivity index (χ0) is 17.5. The van der Waals surface area contributed by atoms with Gasteiger partial charge in [-0.3, -0.25) is 4.98 Å². The van der Waals surface area contributed by atoms with Crippen molar-refractivity contribution >= 4 is 0 Å². The molecule has 1 aromatic carbocycles. The van der Waals surface area contributed by atoms with Gasteiger partial charge in [-0.05, 0) is 54.7 Å². The van der Waals surface area contributed by atoms with Gasteiger partial charge in [0, 0.05) is 11.8 Å². The molecule has 0 saturated heterocycles. The number of pyridine rings is 1. The molecule has 134 valence electrons. The highest BCUT2D eigenvalue weighted by atomic mass is 14.7. The van der Waals surface area contributed by atoms with Gasteiger partial charge in [0.05, 0.1) is 5.69 Å². The Labute approximate surface area is 153 Å². The number of hydrogen-bond donors (Lipinski definition) is 0. The summed E-state index contributed by atoms with van der Waals surface area (Å²) in [7, 11) is 0. The van der Waals surface area contributed by atoms with Crippen molar-refractivity contribution in [1.29, 1.82) is 0 Å². The van der Waals surface area contributed by atoms with E-state index in [-0.39, 0.29) is 0 Å². The Morgan fingerprint density at radius 2 is 1.60 bits per heavy atom. The second kappa shape index (κ2) is 9.17. The monoisotopic (exact) mass is 335 g/mol. The summed E-state index contributed by atoms with van der Waals surface area (Å²) in [5, 5.41) is 0. The fourth-order valence-corrected chi connectivity index (χ4v) is 4.36. The van der Waals surface area contributed by atoms with Gasteiger partial charge in [0.25, 0.3) is 0 Å². The van der Waals surface area contributed by atoms with Gasteiger partial charge in [-0.25, -0.2) is 0 Å². The SMILES string of the molecule is CCCC1CCCC(CCc2ccc(-c3ccc(CC)cc3)nc2)C1. The van der Waals surface area contributed by atoms with Crippen LogP contribution in [0.3, 0.4) is 0 Å². The van der Waals surface area contributed by atoms with Crippen LogP contribution >= 0.6 is 0 Å². The Bertz CT molecular complexity index is 624. The van der Waals surface area contributed by atoms with E-state index >= 15 is 0 Å². The lowest BCUT2D eigenvalue weighted by Gasteiger charge is -2.29. The lowest BCUT2D eigenvalue weighted by atomic mass is 9.77. The maximum absolute atomic E-state index is 4.71. The first kappa shape index (κ1) is 18.2. The molecular formula is C24H33N. The highest BCUT2D eigenvalue weighted by Crippen LogP contribution is 2.34. The molecule has 1 aliphatic carbocycles. The topological polar surface area (TPSA) is 12.9 Å². The summed E-state index contributed by atoms with van der Waals surface area (Å²) < 4.78 is 0. The second-order valence-electron chi connectivity index (χ2n) is 7.83. The first-order chi connectivity index (χ1) is 12.3. The van der Waals surface area contributed by atoms with E-state index in [0.29, 0.717) is 0 Å². The van der Waals surface area contributed by atoms with Crippen LogP contribution < -0.4 is 0 Å². The lowest BCUT2D eigenvalue weighted by molar-refractivity contribution is 0.243. The fourth-order valence-electron chi connectivity index (χ4n) is 4.36. The third-order valence-electron chi connectivity index (χ3n) is 5.91. The van der Waals surface area contributed by atoms with E-state index in [1.165, 1.54) is 68.1 Å². The Morgan fingerprint density at radius 1 is 0.880 bits per heavy atom. The molecule has 0 bridgehead atoms. The van der Waals surface area contributed by atoms with E-state index in [1.54, 1.807) is 0 Å². The van der Waals surface area contributed by atoms with E-state index in [0.717, 1.165) is 24.0 Å². The molecule has 2 unspecified atom stereocenters. The van der Waals surface area contributed by atoms with E-state index < -0.39 is 0 Å². The van der Waals surface area contributed by atoms with Crippen molar-refractivity contribution in [2.75, 3.05) is 0 Å². The third kappa shape index (κ3) is 5.17. The molecule has 2 atom stereocenters. The zero-order valence-corrected chi connectivity index (χ0v) is 16.0. The highest BCUT2D eigenvalue weighted by Gasteiger charge is 2.21. The van der Waals surface area contributed by atoms with Crippen LogP contribution in [0.1, 0.15) is 69.9 Å². The average molecular weight is 336 g/mol. The predicted octanol–water partition coefficient (Wildman–Crippen LogP) is 6.85. The van der Waals surface area contributed by atoms with E-state index in [1.807, 2.05) is 0 Å². The summed E-state index contributed by atoms with van der Waals surface area (Å²) in [5.41, 5.74) is 5.09. The first-order valence-electron chi connectivity index (χ1n) is 10.3. The molecule has 2 aromatic rings. The van der Waals surface area contributed by atoms with Crippen LogP contribution in [-0.2, 0) is 12.8 Å². The summed E-state index contributed by atoms with van der Waals surface area (Å²) in [5.74, 6) is 1.93. The molecule has 1 fully saturated rings. The number of hydrogen-bond acceptors (Lipinski definition) is 1. The van der Waals surface area contributed by atoms with Crippen molar-refractivity contribution in [2.45, 2.75) is 71.6 Å². The molecule has 0 amide bonds. The Kier molecular flexibility index (Phi) is 6.67. The van der Waals surface area contributed by atoms with Crippen LogP contribution in [0, 0.1) is 11.8 Å². The molecule has 1 saturated carbocycles. The van der Waals surface area contributed by atoms with E-state index in [9.17, 15) is 0 Å². The number of rotatable bonds is 7. The van der Waals surface area contributed by atoms with Crippen LogP contribution in [0.2, 0.25) is 0 Å². The zero-order valence-electron chi connectivity index (χ0n) is 16.0. The summed E-state index contributed by atoms with van der Waals surface area (Å²) in [6, 6.07) is 13.3. The van der Waals surface area contributed by atoms with Crippen molar-refractivity contribution in [1.82, 2.24) is 4.98 Å². The highest BCUT2D eigenvalue weighted by molar-refractivity contribution is 5.59. The molecule has 1 heteroatoms. The number of aryl methyl sites for hydroxylation is 2. The molecule has 1 heterocycles. The smallest absolute Gasteiger partial charge is 0.0702 e. The molecule has 1 aliphatic rings. The molecular weight excluding hydrogens is 302 g/mol. The van der Waals surface area contributed by atoms with Crippen LogP contribution in [0.25, 0.3) is 11.3 Å². The minimum atomic E-state index is 0.937. The molecule has 0 N–H and O–H groups in total. The molecule has 0 radical (unpaired) electrons. The van der Waals surface area contributed by atoms with Crippen molar-refractivity contribution < 1.29 is 0 Å². The maximum Gasteiger partial charge on any atom is 0.0702 e. The third-order valence-corrected chi connectivity index (χ3v) is 5.91. The number of benzene rings is 1. The van der Waals surface area contributed by atoms with Gasteiger partial charge in [0.1, 0.15) is 0 Å². The summed E-state index contributed by atoms with van der Waals surface area (Å²) in [4.78, 5) is 4.71. The first-order valence-corrected chi connectivity index (χ1v) is 10.3. The summed E-state index contributed by atoms with van der Waals surface area (Å²) in [6.45, 7) is 4.52. The fraction of sp³-hybridized carbons (Fsp3) is 0.542. The Morgan fingerprint density at radius 3 is 2.24 bits per heavy atom. The summed E-state index contributed by atoms with van der Waals surface area (Å²) in [6.07, 6.45) is 14.3. The molecule has 3 rings (SSSR count). The van der Waals surface area contributed by atoms with Gasteiger partial charge >= 0.3 is 0 Å². The van der Waals surface area contributed by atoms with Crippen LogP contribution in [0.15, 0.2) is 42.6 Å². The minimum Gasteiger partial charge on any atom is -0.256 e. The molecule has 1 aromatic heterocycles. The quantitative estimate of drug-likeness (QED) is 0.539. The second-order valence-corrected chi connectivity index (χ2v) is 7.83. The van der Waals surface area contributed by atoms with Crippen LogP contribution in [0.4, 0.5) is 0 Å². The summed E-state index contributed by atoms with van der Waals surface area (Å²) >= 11 is 0. The van der Waals surface area contributed by atoms with Gasteiger partial charge in [0.15, 0.2) is 0 Å². The number of aromatic nitrogens is 1. The normalized spacial score (nSPS) is 20.6. The largest absolute Gasteiger partial charge is 0.256 e. The van der Waals surface area contributed by atoms with Crippen molar-refractivity contribution in [3.63, 3.8) is 0 Å². The van der Waals surface area contributed by atoms with Crippen LogP contribution in [0.5, 0.6) is 0 Å². The van der Waals surface area contributed by atoms with Gasteiger partial charge < -0.3 is 0 Å². The van der Waals surface area contributed by atoms with Crippen molar-refractivity contribution in [2.24, 2.45) is 11.8 Å². The number of nitrogens with zero attached hydrogens (tertiary/aromatic N) is 1. The van der Waals surface area contributed by atoms with Gasteiger partial charge in [-0.1, -0.05) is 76.3 Å². The molecule has 0 spiro atoms. The van der Waals surface area contributed by atoms with Crippen molar-refractivity contribution in [3.05, 3.63) is 53.7 Å². The minimum absolute atomic E-state index is 0.937. The molecule has 25 heavy (non-hydrogen) atoms. The van der Waals surface area contributed by atoms with Crippen LogP contribution in [-0.4, -0.2) is 4.98 Å². The predicted molar refractivity (Wildman–Crippen MR) is 108 cm³/mol. The maximum atomic E-state index is 4.71. The van der Waals surface area contributed by atoms with E-state index in [4.69, 9.17) is 4.98 Å². The average Bonchev–Trinajstić information content (AvgIpc) is 2.67. The van der Waals surface area contributed by atoms with Gasteiger partial charge in [-0.2, -0.15) is 0 Å². The Balaban J connectivity index is 1.53. The molecule has 0 aliphatic heterocycles. The standard InChI is InChI=1S/C24H33N/c1-3-6-20-7-5-8-21(17-20)9-10-22-13-16-24(25-18-22)23-14-11-19(4-2)12-15-23/h11-16,18,20-21H,3-10,17H2,1-2H3.